The number of piperidine rings is 1. The number of halogens is 6. The van der Waals surface area contributed by atoms with Crippen molar-refractivity contribution in [2.45, 2.75) is 36.1 Å². The minimum atomic E-state index is -4.91. The van der Waals surface area contributed by atoms with Gasteiger partial charge in [0.15, 0.2) is 10.7 Å². The summed E-state index contributed by atoms with van der Waals surface area (Å²) >= 11 is 0.751. The third kappa shape index (κ3) is 4.15. The van der Waals surface area contributed by atoms with E-state index in [1.807, 2.05) is 0 Å². The van der Waals surface area contributed by atoms with E-state index >= 15 is 0 Å². The predicted octanol–water partition coefficient (Wildman–Crippen LogP) is 4.14. The van der Waals surface area contributed by atoms with Crippen LogP contribution in [0, 0.1) is 0 Å². The Labute approximate surface area is 160 Å². The highest BCUT2D eigenvalue weighted by molar-refractivity contribution is 7.89. The van der Waals surface area contributed by atoms with Crippen LogP contribution in [0.3, 0.4) is 0 Å². The van der Waals surface area contributed by atoms with E-state index in [2.05, 4.69) is 9.97 Å². The molecule has 0 spiro atoms. The number of aromatic nitrogens is 2. The zero-order valence-corrected chi connectivity index (χ0v) is 15.6. The third-order valence-electron chi connectivity index (χ3n) is 4.21. The standard InChI is InChI=1S/C15H13F6N3O2S2/c16-14(17,18)10-4-1-5-22-13(10)28(25,26)24-6-2-3-9(7-24)12-23-11(8-27-12)15(19,20)21/h1,4-5,8-9H,2-3,6-7H2. The summed E-state index contributed by atoms with van der Waals surface area (Å²) in [7, 11) is -4.58. The second-order valence-electron chi connectivity index (χ2n) is 6.12. The summed E-state index contributed by atoms with van der Waals surface area (Å²) in [6.07, 6.45) is -7.93. The zero-order chi connectivity index (χ0) is 20.7. The summed E-state index contributed by atoms with van der Waals surface area (Å²) < 4.78 is 104. The molecule has 1 aliphatic heterocycles. The first-order chi connectivity index (χ1) is 12.9. The van der Waals surface area contributed by atoms with E-state index in [1.54, 1.807) is 0 Å². The molecule has 0 radical (unpaired) electrons. The molecule has 0 saturated carbocycles. The minimum Gasteiger partial charge on any atom is -0.243 e. The van der Waals surface area contributed by atoms with Crippen LogP contribution in [0.25, 0.3) is 0 Å². The molecule has 1 saturated heterocycles. The molecular formula is C15H13F6N3O2S2. The van der Waals surface area contributed by atoms with Crippen molar-refractivity contribution < 1.29 is 34.8 Å². The highest BCUT2D eigenvalue weighted by Crippen LogP contribution is 2.38. The van der Waals surface area contributed by atoms with Crippen molar-refractivity contribution in [2.75, 3.05) is 13.1 Å². The molecule has 154 valence electrons. The second kappa shape index (κ2) is 7.26. The van der Waals surface area contributed by atoms with Crippen molar-refractivity contribution in [3.63, 3.8) is 0 Å². The van der Waals surface area contributed by atoms with Crippen LogP contribution in [0.2, 0.25) is 0 Å². The van der Waals surface area contributed by atoms with Crippen LogP contribution in [0.5, 0.6) is 0 Å². The van der Waals surface area contributed by atoms with Gasteiger partial charge >= 0.3 is 12.4 Å². The van der Waals surface area contributed by atoms with Gasteiger partial charge in [-0.25, -0.2) is 18.4 Å². The van der Waals surface area contributed by atoms with E-state index in [4.69, 9.17) is 0 Å². The summed E-state index contributed by atoms with van der Waals surface area (Å²) in [5.41, 5.74) is -2.46. The average Bonchev–Trinajstić information content (AvgIpc) is 3.12. The molecule has 1 aliphatic rings. The highest BCUT2D eigenvalue weighted by atomic mass is 32.2. The maximum atomic E-state index is 13.2. The summed E-state index contributed by atoms with van der Waals surface area (Å²) in [4.78, 5) is 6.94. The predicted molar refractivity (Wildman–Crippen MR) is 87.1 cm³/mol. The van der Waals surface area contributed by atoms with Gasteiger partial charge in [0.2, 0.25) is 0 Å². The monoisotopic (exact) mass is 445 g/mol. The molecular weight excluding hydrogens is 432 g/mol. The second-order valence-corrected chi connectivity index (χ2v) is 8.87. The Balaban J connectivity index is 1.89. The molecule has 0 bridgehead atoms. The van der Waals surface area contributed by atoms with Crippen molar-refractivity contribution >= 4 is 21.4 Å². The third-order valence-corrected chi connectivity index (χ3v) is 7.04. The lowest BCUT2D eigenvalue weighted by Gasteiger charge is -2.31. The molecule has 3 rings (SSSR count). The summed E-state index contributed by atoms with van der Waals surface area (Å²) in [6.45, 7) is -0.314. The van der Waals surface area contributed by atoms with Crippen LogP contribution in [0.15, 0.2) is 28.7 Å². The molecule has 2 aromatic rings. The van der Waals surface area contributed by atoms with E-state index in [0.717, 1.165) is 33.3 Å². The number of rotatable bonds is 3. The van der Waals surface area contributed by atoms with Crippen molar-refractivity contribution in [1.29, 1.82) is 0 Å². The minimum absolute atomic E-state index is 0.0514. The zero-order valence-electron chi connectivity index (χ0n) is 14.0. The van der Waals surface area contributed by atoms with Crippen LogP contribution in [0.1, 0.15) is 35.0 Å². The first-order valence-corrected chi connectivity index (χ1v) is 10.3. The number of thiazole rings is 1. The van der Waals surface area contributed by atoms with Gasteiger partial charge < -0.3 is 0 Å². The Morgan fingerprint density at radius 3 is 2.46 bits per heavy atom. The molecule has 0 N–H and O–H groups in total. The lowest BCUT2D eigenvalue weighted by molar-refractivity contribution is -0.141. The quantitative estimate of drug-likeness (QED) is 0.667. The van der Waals surface area contributed by atoms with E-state index in [0.29, 0.717) is 12.5 Å². The highest BCUT2D eigenvalue weighted by Gasteiger charge is 2.42. The number of hydrogen-bond acceptors (Lipinski definition) is 5. The Bertz CT molecular complexity index is 955. The molecule has 2 aromatic heterocycles. The van der Waals surface area contributed by atoms with E-state index in [9.17, 15) is 34.8 Å². The van der Waals surface area contributed by atoms with Gasteiger partial charge in [-0.1, -0.05) is 0 Å². The van der Waals surface area contributed by atoms with Crippen molar-refractivity contribution in [3.05, 3.63) is 40.0 Å². The van der Waals surface area contributed by atoms with Gasteiger partial charge in [0.25, 0.3) is 10.0 Å². The summed E-state index contributed by atoms with van der Waals surface area (Å²) in [5, 5.41) is -0.175. The Hall–Kier alpha value is -1.73. The van der Waals surface area contributed by atoms with Gasteiger partial charge in [-0.3, -0.25) is 0 Å². The first-order valence-electron chi connectivity index (χ1n) is 7.95. The summed E-state index contributed by atoms with van der Waals surface area (Å²) in [5.74, 6) is -0.636. The van der Waals surface area contributed by atoms with Crippen LogP contribution < -0.4 is 0 Å². The number of hydrogen-bond donors (Lipinski definition) is 0. The van der Waals surface area contributed by atoms with Crippen LogP contribution in [-0.2, 0) is 22.4 Å². The van der Waals surface area contributed by atoms with Gasteiger partial charge in [0.05, 0.1) is 10.6 Å². The molecule has 13 heteroatoms. The van der Waals surface area contributed by atoms with E-state index in [1.165, 1.54) is 0 Å². The van der Waals surface area contributed by atoms with Crippen molar-refractivity contribution in [3.8, 4) is 0 Å². The van der Waals surface area contributed by atoms with E-state index in [-0.39, 0.29) is 24.5 Å². The molecule has 0 amide bonds. The smallest absolute Gasteiger partial charge is 0.243 e. The number of alkyl halides is 6. The van der Waals surface area contributed by atoms with Gasteiger partial charge in [-0.15, -0.1) is 11.3 Å². The average molecular weight is 445 g/mol. The van der Waals surface area contributed by atoms with Crippen LogP contribution in [-0.4, -0.2) is 35.8 Å². The molecule has 1 fully saturated rings. The maximum absolute atomic E-state index is 13.2. The molecule has 1 unspecified atom stereocenters. The van der Waals surface area contributed by atoms with Gasteiger partial charge in [0, 0.05) is 30.6 Å². The lowest BCUT2D eigenvalue weighted by atomic mass is 10.0. The SMILES string of the molecule is O=S(=O)(c1ncccc1C(F)(F)F)N1CCCC(c2nc(C(F)(F)F)cs2)C1. The van der Waals surface area contributed by atoms with Crippen molar-refractivity contribution in [1.82, 2.24) is 14.3 Å². The fraction of sp³-hybridized carbons (Fsp3) is 0.467. The fourth-order valence-corrected chi connectivity index (χ4v) is 5.50. The summed E-state index contributed by atoms with van der Waals surface area (Å²) in [6, 6.07) is 1.60. The topological polar surface area (TPSA) is 63.2 Å². The number of pyridine rings is 1. The Morgan fingerprint density at radius 1 is 1.14 bits per heavy atom. The normalized spacial score (nSPS) is 19.7. The van der Waals surface area contributed by atoms with Crippen LogP contribution >= 0.6 is 11.3 Å². The fourth-order valence-electron chi connectivity index (χ4n) is 2.90. The molecule has 0 aliphatic carbocycles. The van der Waals surface area contributed by atoms with Crippen LogP contribution in [0.4, 0.5) is 26.3 Å². The van der Waals surface area contributed by atoms with Crippen molar-refractivity contribution in [2.24, 2.45) is 0 Å². The molecule has 3 heterocycles. The molecule has 28 heavy (non-hydrogen) atoms. The van der Waals surface area contributed by atoms with E-state index < -0.39 is 44.6 Å². The molecule has 0 aromatic carbocycles. The lowest BCUT2D eigenvalue weighted by Crippen LogP contribution is -2.40. The van der Waals surface area contributed by atoms with Gasteiger partial charge in [-0.2, -0.15) is 30.6 Å². The van der Waals surface area contributed by atoms with Gasteiger partial charge in [0.1, 0.15) is 0 Å². The largest absolute Gasteiger partial charge is 0.434 e. The molecule has 1 atom stereocenters. The number of nitrogens with zero attached hydrogens (tertiary/aromatic N) is 3. The maximum Gasteiger partial charge on any atom is 0.434 e. The Morgan fingerprint density at radius 2 is 1.86 bits per heavy atom. The van der Waals surface area contributed by atoms with Gasteiger partial charge in [-0.05, 0) is 25.0 Å². The molecule has 5 nitrogen and oxygen atoms in total. The Kier molecular flexibility index (Phi) is 5.44. The first kappa shape index (κ1) is 21.0. The number of sulfonamides is 1.